The van der Waals surface area contributed by atoms with Gasteiger partial charge in [0.1, 0.15) is 0 Å². The summed E-state index contributed by atoms with van der Waals surface area (Å²) in [5, 5.41) is 3.60. The number of nitrogens with one attached hydrogen (secondary N) is 1. The zero-order valence-electron chi connectivity index (χ0n) is 10.8. The molecule has 0 bridgehead atoms. The Kier molecular flexibility index (Phi) is 5.62. The molecule has 0 aliphatic heterocycles. The average Bonchev–Trinajstić information content (AvgIpc) is 3.03. The molecule has 1 saturated carbocycles. The number of likely N-dealkylation sites (N-methyl/N-ethyl adjacent to an activating group) is 1. The van der Waals surface area contributed by atoms with Crippen LogP contribution in [0, 0.1) is 11.8 Å². The van der Waals surface area contributed by atoms with E-state index >= 15 is 0 Å². The van der Waals surface area contributed by atoms with Crippen LogP contribution in [0.15, 0.2) is 0 Å². The van der Waals surface area contributed by atoms with E-state index in [4.69, 9.17) is 4.74 Å². The van der Waals surface area contributed by atoms with Gasteiger partial charge in [-0.3, -0.25) is 0 Å². The van der Waals surface area contributed by atoms with Gasteiger partial charge in [0, 0.05) is 13.2 Å². The summed E-state index contributed by atoms with van der Waals surface area (Å²) in [4.78, 5) is 0. The van der Waals surface area contributed by atoms with Gasteiger partial charge in [-0.05, 0) is 37.6 Å². The molecule has 90 valence electrons. The molecule has 3 unspecified atom stereocenters. The van der Waals surface area contributed by atoms with Crippen LogP contribution in [0.1, 0.15) is 46.5 Å². The summed E-state index contributed by atoms with van der Waals surface area (Å²) < 4.78 is 5.67. The Balaban J connectivity index is 2.45. The number of ether oxygens (including phenoxy) is 1. The highest BCUT2D eigenvalue weighted by atomic mass is 16.5. The smallest absolute Gasteiger partial charge is 0.0752 e. The van der Waals surface area contributed by atoms with E-state index in [2.05, 4.69) is 26.1 Å². The Morgan fingerprint density at radius 1 is 1.33 bits per heavy atom. The fraction of sp³-hybridized carbons (Fsp3) is 1.00. The van der Waals surface area contributed by atoms with E-state index < -0.39 is 0 Å². The molecule has 1 aliphatic rings. The van der Waals surface area contributed by atoms with Crippen LogP contribution in [0.5, 0.6) is 0 Å². The van der Waals surface area contributed by atoms with Crippen LogP contribution < -0.4 is 5.32 Å². The molecular formula is C13H27NO. The summed E-state index contributed by atoms with van der Waals surface area (Å²) >= 11 is 0. The number of rotatable bonds is 8. The van der Waals surface area contributed by atoms with Crippen molar-refractivity contribution in [3.8, 4) is 0 Å². The van der Waals surface area contributed by atoms with E-state index in [1.165, 1.54) is 25.7 Å². The monoisotopic (exact) mass is 213 g/mol. The van der Waals surface area contributed by atoms with Crippen molar-refractivity contribution < 1.29 is 4.74 Å². The van der Waals surface area contributed by atoms with Crippen molar-refractivity contribution in [2.75, 3.05) is 13.7 Å². The molecule has 0 radical (unpaired) electrons. The Bertz CT molecular complexity index is 168. The van der Waals surface area contributed by atoms with Gasteiger partial charge in [0.25, 0.3) is 0 Å². The lowest BCUT2D eigenvalue weighted by atomic mass is 9.93. The van der Waals surface area contributed by atoms with Crippen molar-refractivity contribution >= 4 is 0 Å². The van der Waals surface area contributed by atoms with Crippen molar-refractivity contribution in [2.45, 2.75) is 58.6 Å². The van der Waals surface area contributed by atoms with Crippen molar-refractivity contribution in [2.24, 2.45) is 11.8 Å². The highest BCUT2D eigenvalue weighted by molar-refractivity contribution is 4.90. The minimum Gasteiger partial charge on any atom is -0.380 e. The highest BCUT2D eigenvalue weighted by Crippen LogP contribution is 2.36. The minimum absolute atomic E-state index is 0.443. The third-order valence-electron chi connectivity index (χ3n) is 3.57. The number of hydrogen-bond donors (Lipinski definition) is 1. The fourth-order valence-electron chi connectivity index (χ4n) is 2.31. The van der Waals surface area contributed by atoms with Crippen molar-refractivity contribution in [1.29, 1.82) is 0 Å². The first-order valence-corrected chi connectivity index (χ1v) is 6.49. The summed E-state index contributed by atoms with van der Waals surface area (Å²) in [6.07, 6.45) is 5.68. The Morgan fingerprint density at radius 3 is 2.40 bits per heavy atom. The maximum atomic E-state index is 5.67. The van der Waals surface area contributed by atoms with E-state index in [1.807, 2.05) is 7.11 Å². The zero-order chi connectivity index (χ0) is 11.3. The second kappa shape index (κ2) is 6.49. The van der Waals surface area contributed by atoms with Crippen LogP contribution in [0.4, 0.5) is 0 Å². The van der Waals surface area contributed by atoms with Crippen LogP contribution in [-0.2, 0) is 4.74 Å². The first-order valence-electron chi connectivity index (χ1n) is 6.49. The largest absolute Gasteiger partial charge is 0.380 e. The average molecular weight is 213 g/mol. The fourth-order valence-corrected chi connectivity index (χ4v) is 2.31. The molecule has 15 heavy (non-hydrogen) atoms. The zero-order valence-corrected chi connectivity index (χ0v) is 10.8. The van der Waals surface area contributed by atoms with E-state index in [1.54, 1.807) is 0 Å². The van der Waals surface area contributed by atoms with Crippen LogP contribution in [0.25, 0.3) is 0 Å². The molecule has 0 heterocycles. The number of methoxy groups -OCH3 is 1. The normalized spacial score (nSPS) is 22.4. The van der Waals surface area contributed by atoms with Gasteiger partial charge >= 0.3 is 0 Å². The van der Waals surface area contributed by atoms with Crippen LogP contribution in [-0.4, -0.2) is 25.8 Å². The summed E-state index contributed by atoms with van der Waals surface area (Å²) in [7, 11) is 1.87. The van der Waals surface area contributed by atoms with E-state index in [0.29, 0.717) is 12.1 Å². The Labute approximate surface area is 94.8 Å². The summed E-state index contributed by atoms with van der Waals surface area (Å²) in [6, 6.07) is 0.558. The summed E-state index contributed by atoms with van der Waals surface area (Å²) in [5.41, 5.74) is 0. The SMILES string of the molecule is CCNC(CC(C)CC)C(OC)C1CC1. The van der Waals surface area contributed by atoms with Gasteiger partial charge in [0.2, 0.25) is 0 Å². The molecule has 1 aliphatic carbocycles. The molecule has 2 heteroatoms. The molecule has 2 nitrogen and oxygen atoms in total. The van der Waals surface area contributed by atoms with E-state index in [-0.39, 0.29) is 0 Å². The maximum absolute atomic E-state index is 5.67. The minimum atomic E-state index is 0.443. The molecule has 0 aromatic heterocycles. The summed E-state index contributed by atoms with van der Waals surface area (Å²) in [6.45, 7) is 7.84. The summed E-state index contributed by atoms with van der Waals surface area (Å²) in [5.74, 6) is 1.62. The molecule has 3 atom stereocenters. The second-order valence-electron chi connectivity index (χ2n) is 4.95. The molecule has 0 aromatic rings. The van der Waals surface area contributed by atoms with Gasteiger partial charge in [0.05, 0.1) is 6.10 Å². The standard InChI is InChI=1S/C13H27NO/c1-5-10(3)9-12(14-6-2)13(15-4)11-7-8-11/h10-14H,5-9H2,1-4H3. The van der Waals surface area contributed by atoms with Crippen LogP contribution in [0.3, 0.4) is 0 Å². The van der Waals surface area contributed by atoms with Gasteiger partial charge in [-0.25, -0.2) is 0 Å². The van der Waals surface area contributed by atoms with Crippen LogP contribution >= 0.6 is 0 Å². The second-order valence-corrected chi connectivity index (χ2v) is 4.95. The Hall–Kier alpha value is -0.0800. The molecule has 0 saturated heterocycles. The van der Waals surface area contributed by atoms with Gasteiger partial charge in [-0.15, -0.1) is 0 Å². The van der Waals surface area contributed by atoms with E-state index in [0.717, 1.165) is 18.4 Å². The molecule has 1 fully saturated rings. The molecule has 0 spiro atoms. The van der Waals surface area contributed by atoms with Crippen LogP contribution in [0.2, 0.25) is 0 Å². The molecule has 0 aromatic carbocycles. The van der Waals surface area contributed by atoms with Crippen molar-refractivity contribution in [3.05, 3.63) is 0 Å². The first kappa shape index (κ1) is 13.0. The topological polar surface area (TPSA) is 21.3 Å². The lowest BCUT2D eigenvalue weighted by Crippen LogP contribution is -2.43. The molecular weight excluding hydrogens is 186 g/mol. The van der Waals surface area contributed by atoms with Gasteiger partial charge in [-0.2, -0.15) is 0 Å². The Morgan fingerprint density at radius 2 is 2.00 bits per heavy atom. The van der Waals surface area contributed by atoms with Crippen molar-refractivity contribution in [3.63, 3.8) is 0 Å². The van der Waals surface area contributed by atoms with Gasteiger partial charge in [-0.1, -0.05) is 27.2 Å². The van der Waals surface area contributed by atoms with Crippen molar-refractivity contribution in [1.82, 2.24) is 5.32 Å². The molecule has 1 rings (SSSR count). The molecule has 0 amide bonds. The first-order chi connectivity index (χ1) is 7.22. The van der Waals surface area contributed by atoms with Gasteiger partial charge < -0.3 is 10.1 Å². The van der Waals surface area contributed by atoms with Gasteiger partial charge in [0.15, 0.2) is 0 Å². The highest BCUT2D eigenvalue weighted by Gasteiger charge is 2.36. The predicted molar refractivity (Wildman–Crippen MR) is 65.1 cm³/mol. The maximum Gasteiger partial charge on any atom is 0.0752 e. The predicted octanol–water partition coefficient (Wildman–Crippen LogP) is 2.83. The quantitative estimate of drug-likeness (QED) is 0.669. The van der Waals surface area contributed by atoms with E-state index in [9.17, 15) is 0 Å². The lowest BCUT2D eigenvalue weighted by Gasteiger charge is -2.28. The number of hydrogen-bond acceptors (Lipinski definition) is 2. The third kappa shape index (κ3) is 4.12. The lowest BCUT2D eigenvalue weighted by molar-refractivity contribution is 0.0441. The third-order valence-corrected chi connectivity index (χ3v) is 3.57. The molecule has 1 N–H and O–H groups in total.